The minimum Gasteiger partial charge on any atom is -0.598 e. The Morgan fingerprint density at radius 1 is 1.40 bits per heavy atom. The van der Waals surface area contributed by atoms with Crippen LogP contribution in [0.15, 0.2) is 12.7 Å². The van der Waals surface area contributed by atoms with Crippen molar-refractivity contribution >= 4 is 17.3 Å². The Kier molecular flexibility index (Phi) is 8.99. The largest absolute Gasteiger partial charge is 0.598 e. The van der Waals surface area contributed by atoms with Crippen molar-refractivity contribution in [1.29, 1.82) is 0 Å². The average molecular weight is 372 g/mol. The van der Waals surface area contributed by atoms with Crippen LogP contribution < -0.4 is 4.72 Å². The molecule has 0 spiro atoms. The Balaban J connectivity index is 3.12. The number of rotatable bonds is 8. The fourth-order valence-electron chi connectivity index (χ4n) is 3.36. The van der Waals surface area contributed by atoms with Crippen LogP contribution in [-0.4, -0.2) is 27.9 Å². The monoisotopic (exact) mass is 371 g/mol. The molecule has 146 valence electrons. The van der Waals surface area contributed by atoms with Gasteiger partial charge in [0, 0.05) is 11.4 Å². The molecule has 0 radical (unpaired) electrons. The van der Waals surface area contributed by atoms with Crippen LogP contribution >= 0.6 is 0 Å². The first-order valence-corrected chi connectivity index (χ1v) is 10.7. The van der Waals surface area contributed by atoms with Crippen molar-refractivity contribution < 1.29 is 14.1 Å². The number of esters is 1. The Hall–Kier alpha value is -0.520. The topological polar surface area (TPSA) is 61.4 Å². The van der Waals surface area contributed by atoms with Gasteiger partial charge >= 0.3 is 5.97 Å². The molecule has 5 heteroatoms. The molecule has 1 N–H and O–H groups in total. The van der Waals surface area contributed by atoms with Crippen LogP contribution in [0.1, 0.15) is 79.6 Å². The second-order valence-corrected chi connectivity index (χ2v) is 10.6. The predicted molar refractivity (Wildman–Crippen MR) is 106 cm³/mol. The van der Waals surface area contributed by atoms with E-state index < -0.39 is 16.8 Å². The van der Waals surface area contributed by atoms with Gasteiger partial charge in [0.2, 0.25) is 0 Å². The van der Waals surface area contributed by atoms with Gasteiger partial charge in [-0.25, -0.2) is 0 Å². The van der Waals surface area contributed by atoms with Gasteiger partial charge in [0.05, 0.1) is 11.5 Å². The lowest BCUT2D eigenvalue weighted by molar-refractivity contribution is -0.157. The fraction of sp³-hybridized carbons (Fsp3) is 0.850. The summed E-state index contributed by atoms with van der Waals surface area (Å²) in [5, 5.41) is 0. The molecule has 0 aliphatic heterocycles. The molecular formula is C20H37NO3S. The first-order chi connectivity index (χ1) is 11.6. The summed E-state index contributed by atoms with van der Waals surface area (Å²) in [6, 6.07) is -0.105. The number of carbonyl (C=O) groups is 1. The molecule has 1 rings (SSSR count). The molecule has 1 aliphatic carbocycles. The molecular weight excluding hydrogens is 334 g/mol. The van der Waals surface area contributed by atoms with Gasteiger partial charge in [-0.3, -0.25) is 4.79 Å². The van der Waals surface area contributed by atoms with Crippen LogP contribution in [0.2, 0.25) is 0 Å². The van der Waals surface area contributed by atoms with Crippen molar-refractivity contribution in [2.24, 2.45) is 11.3 Å². The molecule has 1 unspecified atom stereocenters. The maximum atomic E-state index is 13.1. The molecule has 1 aliphatic rings. The Morgan fingerprint density at radius 2 is 2.08 bits per heavy atom. The van der Waals surface area contributed by atoms with Gasteiger partial charge in [-0.2, -0.15) is 0 Å². The summed E-state index contributed by atoms with van der Waals surface area (Å²) in [5.74, 6) is 0.361. The number of carbonyl (C=O) groups excluding carboxylic acids is 1. The molecule has 0 aromatic heterocycles. The molecule has 4 nitrogen and oxygen atoms in total. The normalized spacial score (nSPS) is 26.1. The lowest BCUT2D eigenvalue weighted by atomic mass is 9.72. The zero-order valence-electron chi connectivity index (χ0n) is 16.7. The molecule has 3 atom stereocenters. The fourth-order valence-corrected chi connectivity index (χ4v) is 4.32. The zero-order valence-corrected chi connectivity index (χ0v) is 17.5. The third-order valence-electron chi connectivity index (χ3n) is 4.99. The van der Waals surface area contributed by atoms with Crippen LogP contribution in [0.25, 0.3) is 0 Å². The molecule has 0 bridgehead atoms. The van der Waals surface area contributed by atoms with E-state index in [0.29, 0.717) is 5.92 Å². The van der Waals surface area contributed by atoms with Crippen LogP contribution in [0, 0.1) is 11.3 Å². The number of nitrogens with one attached hydrogen (secondary N) is 1. The van der Waals surface area contributed by atoms with Gasteiger partial charge in [-0.15, -0.1) is 4.72 Å². The minimum atomic E-state index is -1.20. The lowest BCUT2D eigenvalue weighted by Crippen LogP contribution is -2.55. The van der Waals surface area contributed by atoms with E-state index >= 15 is 0 Å². The zero-order chi connectivity index (χ0) is 19.1. The SMILES string of the molecule is C=CCOC(=O)[C@]1(CCC(C)C)CCCCC[C@H]1N[S+]([O-])C(C)(C)C. The third-order valence-corrected chi connectivity index (χ3v) is 6.61. The highest BCUT2D eigenvalue weighted by atomic mass is 32.2. The van der Waals surface area contributed by atoms with E-state index in [1.165, 1.54) is 0 Å². The summed E-state index contributed by atoms with van der Waals surface area (Å²) in [4.78, 5) is 13.1. The highest BCUT2D eigenvalue weighted by Crippen LogP contribution is 2.42. The Labute approximate surface area is 157 Å². The Morgan fingerprint density at radius 3 is 2.64 bits per heavy atom. The van der Waals surface area contributed by atoms with E-state index in [1.807, 2.05) is 20.8 Å². The first-order valence-electron chi connectivity index (χ1n) is 9.59. The molecule has 0 saturated heterocycles. The molecule has 0 aromatic rings. The summed E-state index contributed by atoms with van der Waals surface area (Å²) in [6.07, 6.45) is 8.19. The lowest BCUT2D eigenvalue weighted by Gasteiger charge is -2.39. The van der Waals surface area contributed by atoms with Gasteiger partial charge in [0.1, 0.15) is 11.4 Å². The summed E-state index contributed by atoms with van der Waals surface area (Å²) >= 11 is -1.20. The van der Waals surface area contributed by atoms with Gasteiger partial charge in [0.15, 0.2) is 0 Å². The number of hydrogen-bond acceptors (Lipinski definition) is 4. The summed E-state index contributed by atoms with van der Waals surface area (Å²) < 4.78 is 21.2. The van der Waals surface area contributed by atoms with E-state index in [4.69, 9.17) is 4.74 Å². The van der Waals surface area contributed by atoms with Gasteiger partial charge in [-0.1, -0.05) is 45.8 Å². The molecule has 1 fully saturated rings. The number of ether oxygens (including phenoxy) is 1. The predicted octanol–water partition coefficient (Wildman–Crippen LogP) is 4.52. The standard InChI is InChI=1S/C20H37NO3S/c1-7-15-24-18(22)20(14-12-16(2)3)13-10-8-9-11-17(20)21-25(23)19(4,5)6/h7,16-17,21H,1,8-15H2,2-6H3/t17-,20+,25?/m1/s1. The van der Waals surface area contributed by atoms with Crippen molar-refractivity contribution in [1.82, 2.24) is 4.72 Å². The average Bonchev–Trinajstić information content (AvgIpc) is 2.73. The number of hydrogen-bond donors (Lipinski definition) is 1. The van der Waals surface area contributed by atoms with E-state index in [1.54, 1.807) is 6.08 Å². The first kappa shape index (κ1) is 22.5. The van der Waals surface area contributed by atoms with Crippen molar-refractivity contribution in [2.75, 3.05) is 6.61 Å². The van der Waals surface area contributed by atoms with Crippen LogP contribution in [0.3, 0.4) is 0 Å². The second kappa shape index (κ2) is 9.98. The maximum absolute atomic E-state index is 13.1. The van der Waals surface area contributed by atoms with Gasteiger partial charge < -0.3 is 9.29 Å². The summed E-state index contributed by atoms with van der Waals surface area (Å²) in [6.45, 7) is 14.1. The summed E-state index contributed by atoms with van der Waals surface area (Å²) in [5.41, 5.74) is -0.593. The molecule has 25 heavy (non-hydrogen) atoms. The van der Waals surface area contributed by atoms with Crippen LogP contribution in [0.5, 0.6) is 0 Å². The summed E-state index contributed by atoms with van der Waals surface area (Å²) in [7, 11) is 0. The smallest absolute Gasteiger partial charge is 0.314 e. The Bertz CT molecular complexity index is 433. The maximum Gasteiger partial charge on any atom is 0.314 e. The molecule has 1 saturated carbocycles. The van der Waals surface area contributed by atoms with Crippen LogP contribution in [0.4, 0.5) is 0 Å². The highest BCUT2D eigenvalue weighted by Gasteiger charge is 2.49. The van der Waals surface area contributed by atoms with Crippen molar-refractivity contribution in [3.63, 3.8) is 0 Å². The van der Waals surface area contributed by atoms with Crippen molar-refractivity contribution in [2.45, 2.75) is 90.4 Å². The van der Waals surface area contributed by atoms with Crippen molar-refractivity contribution in [3.05, 3.63) is 12.7 Å². The van der Waals surface area contributed by atoms with E-state index in [0.717, 1.165) is 44.9 Å². The quantitative estimate of drug-likeness (QED) is 0.295. The third kappa shape index (κ3) is 6.61. The van der Waals surface area contributed by atoms with E-state index in [9.17, 15) is 9.35 Å². The van der Waals surface area contributed by atoms with Crippen molar-refractivity contribution in [3.8, 4) is 0 Å². The molecule has 0 amide bonds. The highest BCUT2D eigenvalue weighted by molar-refractivity contribution is 7.90. The van der Waals surface area contributed by atoms with Crippen LogP contribution in [-0.2, 0) is 20.9 Å². The minimum absolute atomic E-state index is 0.105. The molecule has 0 heterocycles. The van der Waals surface area contributed by atoms with Gasteiger partial charge in [-0.05, 0) is 52.4 Å². The van der Waals surface area contributed by atoms with E-state index in [-0.39, 0.29) is 23.4 Å². The molecule has 0 aromatic carbocycles. The van der Waals surface area contributed by atoms with Gasteiger partial charge in [0.25, 0.3) is 0 Å². The second-order valence-electron chi connectivity index (χ2n) is 8.63. The van der Waals surface area contributed by atoms with E-state index in [2.05, 4.69) is 25.1 Å².